The van der Waals surface area contributed by atoms with Crippen molar-refractivity contribution < 1.29 is 27.5 Å². The van der Waals surface area contributed by atoms with Crippen LogP contribution in [0, 0.1) is 0 Å². The Morgan fingerprint density at radius 1 is 1.20 bits per heavy atom. The molecule has 1 aromatic rings. The van der Waals surface area contributed by atoms with E-state index < -0.39 is 26.8 Å². The minimum Gasteiger partial charge on any atom is -0.475 e. The van der Waals surface area contributed by atoms with Gasteiger partial charge in [0.15, 0.2) is 0 Å². The summed E-state index contributed by atoms with van der Waals surface area (Å²) in [5, 5.41) is 8.33. The first-order valence-corrected chi connectivity index (χ1v) is 7.35. The maximum absolute atomic E-state index is 12.2. The lowest BCUT2D eigenvalue weighted by Crippen LogP contribution is -2.49. The average Bonchev–Trinajstić information content (AvgIpc) is 2.89. The molecular formula is C11H14N2O6S. The predicted molar refractivity (Wildman–Crippen MR) is 66.7 cm³/mol. The van der Waals surface area contributed by atoms with E-state index in [0.29, 0.717) is 13.1 Å². The normalized spacial score (nSPS) is 17.1. The van der Waals surface area contributed by atoms with E-state index in [4.69, 9.17) is 9.52 Å². The zero-order valence-corrected chi connectivity index (χ0v) is 11.6. The number of aromatic carboxylic acids is 1. The molecule has 1 aromatic heterocycles. The largest absolute Gasteiger partial charge is 0.475 e. The van der Waals surface area contributed by atoms with E-state index in [0.717, 1.165) is 12.1 Å². The lowest BCUT2D eigenvalue weighted by Gasteiger charge is -2.32. The van der Waals surface area contributed by atoms with Crippen LogP contribution in [-0.4, -0.2) is 60.8 Å². The molecular weight excluding hydrogens is 288 g/mol. The van der Waals surface area contributed by atoms with Crippen LogP contribution < -0.4 is 0 Å². The Hall–Kier alpha value is -1.87. The van der Waals surface area contributed by atoms with E-state index >= 15 is 0 Å². The Balaban J connectivity index is 2.15. The van der Waals surface area contributed by atoms with Gasteiger partial charge in [0, 0.05) is 33.1 Å². The van der Waals surface area contributed by atoms with E-state index in [9.17, 15) is 18.0 Å². The number of sulfonamides is 1. The Labute approximate surface area is 115 Å². The molecule has 1 aliphatic rings. The van der Waals surface area contributed by atoms with Gasteiger partial charge in [0.25, 0.3) is 10.0 Å². The summed E-state index contributed by atoms with van der Waals surface area (Å²) in [5.41, 5.74) is 0. The van der Waals surface area contributed by atoms with E-state index in [-0.39, 0.29) is 19.0 Å². The van der Waals surface area contributed by atoms with Gasteiger partial charge in [-0.25, -0.2) is 13.2 Å². The number of carbonyl (C=O) groups excluding carboxylic acids is 1. The molecule has 0 atom stereocenters. The van der Waals surface area contributed by atoms with Gasteiger partial charge in [-0.3, -0.25) is 4.79 Å². The van der Waals surface area contributed by atoms with Gasteiger partial charge >= 0.3 is 5.97 Å². The molecule has 110 valence electrons. The second kappa shape index (κ2) is 5.25. The smallest absolute Gasteiger partial charge is 0.371 e. The van der Waals surface area contributed by atoms with Crippen molar-refractivity contribution in [1.82, 2.24) is 9.21 Å². The Morgan fingerprint density at radius 3 is 2.25 bits per heavy atom. The quantitative estimate of drug-likeness (QED) is 0.830. The molecule has 1 N–H and O–H groups in total. The van der Waals surface area contributed by atoms with Crippen molar-refractivity contribution >= 4 is 21.9 Å². The molecule has 0 bridgehead atoms. The highest BCUT2D eigenvalue weighted by atomic mass is 32.2. The van der Waals surface area contributed by atoms with Crippen molar-refractivity contribution in [3.8, 4) is 0 Å². The number of nitrogens with zero attached hydrogens (tertiary/aromatic N) is 2. The lowest BCUT2D eigenvalue weighted by atomic mass is 10.3. The molecule has 2 rings (SSSR count). The Kier molecular flexibility index (Phi) is 3.82. The van der Waals surface area contributed by atoms with Gasteiger partial charge in [0.2, 0.25) is 16.8 Å². The topological polar surface area (TPSA) is 108 Å². The van der Waals surface area contributed by atoms with E-state index in [1.54, 1.807) is 4.90 Å². The van der Waals surface area contributed by atoms with Gasteiger partial charge in [-0.15, -0.1) is 0 Å². The van der Waals surface area contributed by atoms with Crippen molar-refractivity contribution in [3.63, 3.8) is 0 Å². The molecule has 1 amide bonds. The number of amides is 1. The third-order valence-electron chi connectivity index (χ3n) is 3.07. The lowest BCUT2D eigenvalue weighted by molar-refractivity contribution is -0.129. The van der Waals surface area contributed by atoms with Crippen molar-refractivity contribution in [3.05, 3.63) is 17.9 Å². The zero-order valence-electron chi connectivity index (χ0n) is 10.8. The standard InChI is InChI=1S/C11H14N2O6S/c1-8(14)12-4-6-13(7-5-12)20(17,18)10-3-2-9(19-10)11(15)16/h2-3H,4-7H2,1H3,(H,15,16). The van der Waals surface area contributed by atoms with Gasteiger partial charge in [0.1, 0.15) is 0 Å². The zero-order chi connectivity index (χ0) is 14.9. The summed E-state index contributed by atoms with van der Waals surface area (Å²) in [6, 6.07) is 2.22. The van der Waals surface area contributed by atoms with Crippen molar-refractivity contribution in [2.75, 3.05) is 26.2 Å². The van der Waals surface area contributed by atoms with Gasteiger partial charge in [0.05, 0.1) is 0 Å². The number of furan rings is 1. The third-order valence-corrected chi connectivity index (χ3v) is 4.84. The van der Waals surface area contributed by atoms with Crippen LogP contribution >= 0.6 is 0 Å². The molecule has 1 aliphatic heterocycles. The van der Waals surface area contributed by atoms with Gasteiger partial charge in [-0.1, -0.05) is 0 Å². The maximum atomic E-state index is 12.2. The fourth-order valence-electron chi connectivity index (χ4n) is 1.94. The van der Waals surface area contributed by atoms with Crippen molar-refractivity contribution in [1.29, 1.82) is 0 Å². The van der Waals surface area contributed by atoms with Crippen LogP contribution in [0.5, 0.6) is 0 Å². The highest BCUT2D eigenvalue weighted by molar-refractivity contribution is 7.89. The predicted octanol–water partition coefficient (Wildman–Crippen LogP) is -0.169. The van der Waals surface area contributed by atoms with Crippen LogP contribution in [0.4, 0.5) is 0 Å². The van der Waals surface area contributed by atoms with Gasteiger partial charge in [-0.05, 0) is 12.1 Å². The number of piperazine rings is 1. The molecule has 0 aromatic carbocycles. The minimum absolute atomic E-state index is 0.104. The SMILES string of the molecule is CC(=O)N1CCN(S(=O)(=O)c2ccc(C(=O)O)o2)CC1. The molecule has 1 fully saturated rings. The monoisotopic (exact) mass is 302 g/mol. The summed E-state index contributed by atoms with van der Waals surface area (Å²) < 4.78 is 30.5. The molecule has 20 heavy (non-hydrogen) atoms. The molecule has 2 heterocycles. The van der Waals surface area contributed by atoms with Crippen LogP contribution in [0.3, 0.4) is 0 Å². The molecule has 0 unspecified atom stereocenters. The highest BCUT2D eigenvalue weighted by Gasteiger charge is 2.32. The number of carbonyl (C=O) groups is 2. The average molecular weight is 302 g/mol. The number of hydrogen-bond acceptors (Lipinski definition) is 5. The molecule has 1 saturated heterocycles. The Bertz CT molecular complexity index is 627. The van der Waals surface area contributed by atoms with Crippen LogP contribution in [-0.2, 0) is 14.8 Å². The van der Waals surface area contributed by atoms with Crippen molar-refractivity contribution in [2.24, 2.45) is 0 Å². The molecule has 9 heteroatoms. The summed E-state index contributed by atoms with van der Waals surface area (Å²) in [6.07, 6.45) is 0. The second-order valence-corrected chi connectivity index (χ2v) is 6.20. The second-order valence-electron chi connectivity index (χ2n) is 4.33. The van der Waals surface area contributed by atoms with E-state index in [1.165, 1.54) is 11.2 Å². The highest BCUT2D eigenvalue weighted by Crippen LogP contribution is 2.20. The number of hydrogen-bond donors (Lipinski definition) is 1. The van der Waals surface area contributed by atoms with Crippen molar-refractivity contribution in [2.45, 2.75) is 12.0 Å². The number of carboxylic acids is 1. The van der Waals surface area contributed by atoms with Gasteiger partial charge in [-0.2, -0.15) is 4.31 Å². The third kappa shape index (κ3) is 2.68. The summed E-state index contributed by atoms with van der Waals surface area (Å²) in [7, 11) is -3.86. The molecule has 0 aliphatic carbocycles. The summed E-state index contributed by atoms with van der Waals surface area (Å²) in [4.78, 5) is 23.4. The first kappa shape index (κ1) is 14.5. The van der Waals surface area contributed by atoms with E-state index in [2.05, 4.69) is 0 Å². The minimum atomic E-state index is -3.86. The van der Waals surface area contributed by atoms with Gasteiger partial charge < -0.3 is 14.4 Å². The van der Waals surface area contributed by atoms with Crippen LogP contribution in [0.1, 0.15) is 17.5 Å². The summed E-state index contributed by atoms with van der Waals surface area (Å²) in [5.74, 6) is -1.85. The van der Waals surface area contributed by atoms with Crippen LogP contribution in [0.2, 0.25) is 0 Å². The number of rotatable bonds is 3. The maximum Gasteiger partial charge on any atom is 0.371 e. The first-order chi connectivity index (χ1) is 9.32. The van der Waals surface area contributed by atoms with Crippen LogP contribution in [0.25, 0.3) is 0 Å². The fourth-order valence-corrected chi connectivity index (χ4v) is 3.28. The Morgan fingerprint density at radius 2 is 1.80 bits per heavy atom. The summed E-state index contributed by atoms with van der Waals surface area (Å²) in [6.45, 7) is 2.36. The van der Waals surface area contributed by atoms with E-state index in [1.807, 2.05) is 0 Å². The number of carboxylic acid groups (broad SMARTS) is 1. The molecule has 8 nitrogen and oxygen atoms in total. The summed E-state index contributed by atoms with van der Waals surface area (Å²) >= 11 is 0. The first-order valence-electron chi connectivity index (χ1n) is 5.91. The molecule has 0 saturated carbocycles. The molecule has 0 spiro atoms. The molecule has 0 radical (unpaired) electrons. The van der Waals surface area contributed by atoms with Crippen LogP contribution in [0.15, 0.2) is 21.6 Å². The fraction of sp³-hybridized carbons (Fsp3) is 0.455.